The number of carbonyl (C=O) groups is 2. The predicted molar refractivity (Wildman–Crippen MR) is 136 cm³/mol. The summed E-state index contributed by atoms with van der Waals surface area (Å²) in [6.45, 7) is 4.84. The molecule has 0 radical (unpaired) electrons. The summed E-state index contributed by atoms with van der Waals surface area (Å²) in [5.41, 5.74) is 3.53. The smallest absolute Gasteiger partial charge is 0.241 e. The largest absolute Gasteiger partial charge is 0.497 e. The second-order valence-corrected chi connectivity index (χ2v) is 9.43. The molecule has 2 amide bonds. The van der Waals surface area contributed by atoms with Gasteiger partial charge in [0.2, 0.25) is 23.5 Å². The zero-order chi connectivity index (χ0) is 25.1. The van der Waals surface area contributed by atoms with Crippen molar-refractivity contribution in [3.8, 4) is 17.1 Å². The van der Waals surface area contributed by atoms with Crippen LogP contribution in [0.4, 0.5) is 11.4 Å². The number of aromatic nitrogens is 2. The van der Waals surface area contributed by atoms with Crippen LogP contribution in [0.2, 0.25) is 0 Å². The minimum Gasteiger partial charge on any atom is -0.497 e. The fourth-order valence-corrected chi connectivity index (χ4v) is 4.85. The normalized spacial score (nSPS) is 16.9. The minimum atomic E-state index is -0.0584. The third-order valence-corrected chi connectivity index (χ3v) is 6.97. The fraction of sp³-hybridized carbons (Fsp3) is 0.407. The van der Waals surface area contributed by atoms with Crippen molar-refractivity contribution in [1.82, 2.24) is 15.0 Å². The molecule has 0 aliphatic carbocycles. The number of carbonyl (C=O) groups excluding carboxylic acids is 2. The first-order chi connectivity index (χ1) is 17.5. The van der Waals surface area contributed by atoms with E-state index < -0.39 is 0 Å². The third kappa shape index (κ3) is 5.26. The number of ether oxygens (including phenoxy) is 1. The van der Waals surface area contributed by atoms with Gasteiger partial charge in [0.1, 0.15) is 5.75 Å². The fourth-order valence-electron chi connectivity index (χ4n) is 4.85. The van der Waals surface area contributed by atoms with Gasteiger partial charge in [0.05, 0.1) is 13.7 Å². The Kier molecular flexibility index (Phi) is 6.99. The van der Waals surface area contributed by atoms with Crippen molar-refractivity contribution in [3.05, 3.63) is 53.9 Å². The SMILES string of the molecule is COc1ccc(-c2noc(CN3CCC(C(=O)Nc4ccc(C)c(N5CCCC5=O)c4)CC3)n2)cc1. The number of rotatable bonds is 7. The summed E-state index contributed by atoms with van der Waals surface area (Å²) in [5, 5.41) is 7.17. The van der Waals surface area contributed by atoms with Gasteiger partial charge < -0.3 is 19.5 Å². The molecule has 9 nitrogen and oxygen atoms in total. The highest BCUT2D eigenvalue weighted by Gasteiger charge is 2.27. The lowest BCUT2D eigenvalue weighted by Crippen LogP contribution is -2.37. The maximum atomic E-state index is 13.0. The summed E-state index contributed by atoms with van der Waals surface area (Å²) in [4.78, 5) is 33.7. The molecule has 0 saturated carbocycles. The number of nitrogens with zero attached hydrogens (tertiary/aromatic N) is 4. The van der Waals surface area contributed by atoms with Crippen LogP contribution < -0.4 is 15.0 Å². The Morgan fingerprint density at radius 2 is 1.92 bits per heavy atom. The second-order valence-electron chi connectivity index (χ2n) is 9.43. The van der Waals surface area contributed by atoms with E-state index in [0.717, 1.165) is 67.1 Å². The number of nitrogens with one attached hydrogen (secondary N) is 1. The van der Waals surface area contributed by atoms with Crippen molar-refractivity contribution in [2.75, 3.05) is 37.0 Å². The summed E-state index contributed by atoms with van der Waals surface area (Å²) in [5.74, 6) is 2.00. The van der Waals surface area contributed by atoms with Gasteiger partial charge in [-0.2, -0.15) is 4.98 Å². The zero-order valence-electron chi connectivity index (χ0n) is 20.7. The highest BCUT2D eigenvalue weighted by molar-refractivity contribution is 5.98. The van der Waals surface area contributed by atoms with Gasteiger partial charge in [-0.3, -0.25) is 14.5 Å². The highest BCUT2D eigenvalue weighted by Crippen LogP contribution is 2.29. The second kappa shape index (κ2) is 10.5. The van der Waals surface area contributed by atoms with Crippen molar-refractivity contribution in [2.24, 2.45) is 5.92 Å². The minimum absolute atomic E-state index is 0.0248. The van der Waals surface area contributed by atoms with Crippen LogP contribution in [0.3, 0.4) is 0 Å². The number of amides is 2. The summed E-state index contributed by atoms with van der Waals surface area (Å²) < 4.78 is 10.7. The molecule has 9 heteroatoms. The molecular formula is C27H31N5O4. The van der Waals surface area contributed by atoms with Gasteiger partial charge in [0.15, 0.2) is 0 Å². The first-order valence-electron chi connectivity index (χ1n) is 12.4. The van der Waals surface area contributed by atoms with Crippen LogP contribution in [0, 0.1) is 12.8 Å². The maximum absolute atomic E-state index is 13.0. The Hall–Kier alpha value is -3.72. The van der Waals surface area contributed by atoms with Crippen LogP contribution in [0.5, 0.6) is 5.75 Å². The molecule has 1 aromatic heterocycles. The van der Waals surface area contributed by atoms with E-state index in [0.29, 0.717) is 24.7 Å². The number of hydrogen-bond acceptors (Lipinski definition) is 7. The molecule has 188 valence electrons. The van der Waals surface area contributed by atoms with E-state index in [9.17, 15) is 9.59 Å². The van der Waals surface area contributed by atoms with Gasteiger partial charge in [-0.05, 0) is 81.2 Å². The molecule has 2 aromatic carbocycles. The van der Waals surface area contributed by atoms with E-state index in [1.54, 1.807) is 7.11 Å². The monoisotopic (exact) mass is 489 g/mol. The summed E-state index contributed by atoms with van der Waals surface area (Å²) in [7, 11) is 1.63. The van der Waals surface area contributed by atoms with Gasteiger partial charge in [0, 0.05) is 35.8 Å². The molecule has 2 fully saturated rings. The summed E-state index contributed by atoms with van der Waals surface area (Å²) in [6.07, 6.45) is 2.98. The van der Waals surface area contributed by atoms with Crippen LogP contribution in [-0.2, 0) is 16.1 Å². The summed E-state index contributed by atoms with van der Waals surface area (Å²) in [6, 6.07) is 13.3. The number of aryl methyl sites for hydroxylation is 1. The number of anilines is 2. The third-order valence-electron chi connectivity index (χ3n) is 6.97. The van der Waals surface area contributed by atoms with Crippen LogP contribution >= 0.6 is 0 Å². The quantitative estimate of drug-likeness (QED) is 0.535. The average Bonchev–Trinajstić information content (AvgIpc) is 3.54. The first kappa shape index (κ1) is 24.0. The molecule has 3 heterocycles. The molecule has 36 heavy (non-hydrogen) atoms. The van der Waals surface area contributed by atoms with E-state index >= 15 is 0 Å². The van der Waals surface area contributed by atoms with Gasteiger partial charge in [-0.1, -0.05) is 11.2 Å². The summed E-state index contributed by atoms with van der Waals surface area (Å²) >= 11 is 0. The Morgan fingerprint density at radius 1 is 1.14 bits per heavy atom. The molecule has 2 aliphatic rings. The Labute approximate surface area is 210 Å². The van der Waals surface area contributed by atoms with Crippen molar-refractivity contribution in [3.63, 3.8) is 0 Å². The first-order valence-corrected chi connectivity index (χ1v) is 12.4. The van der Waals surface area contributed by atoms with E-state index in [1.807, 2.05) is 54.3 Å². The van der Waals surface area contributed by atoms with Crippen LogP contribution in [0.15, 0.2) is 47.0 Å². The molecule has 0 atom stereocenters. The van der Waals surface area contributed by atoms with Crippen molar-refractivity contribution in [2.45, 2.75) is 39.2 Å². The topological polar surface area (TPSA) is 101 Å². The van der Waals surface area contributed by atoms with Gasteiger partial charge >= 0.3 is 0 Å². The number of benzene rings is 2. The van der Waals surface area contributed by atoms with E-state index in [4.69, 9.17) is 9.26 Å². The Morgan fingerprint density at radius 3 is 2.61 bits per heavy atom. The lowest BCUT2D eigenvalue weighted by molar-refractivity contribution is -0.121. The zero-order valence-corrected chi connectivity index (χ0v) is 20.7. The van der Waals surface area contributed by atoms with E-state index in [2.05, 4.69) is 20.4 Å². The Balaban J connectivity index is 1.14. The van der Waals surface area contributed by atoms with Crippen LogP contribution in [0.25, 0.3) is 11.4 Å². The molecule has 0 unspecified atom stereocenters. The lowest BCUT2D eigenvalue weighted by atomic mass is 9.95. The standard InChI is InChI=1S/C27H31N5O4/c1-18-5-8-21(16-23(18)32-13-3-4-25(32)33)28-27(34)20-11-14-31(15-12-20)17-24-29-26(30-36-24)19-6-9-22(35-2)10-7-19/h5-10,16,20H,3-4,11-15,17H2,1-2H3,(H,28,34). The number of likely N-dealkylation sites (tertiary alicyclic amines) is 1. The molecule has 0 spiro atoms. The van der Waals surface area contributed by atoms with E-state index in [1.165, 1.54) is 0 Å². The molecule has 5 rings (SSSR count). The highest BCUT2D eigenvalue weighted by atomic mass is 16.5. The number of piperidine rings is 1. The van der Waals surface area contributed by atoms with Crippen molar-refractivity contribution >= 4 is 23.2 Å². The Bertz CT molecular complexity index is 1230. The maximum Gasteiger partial charge on any atom is 0.241 e. The van der Waals surface area contributed by atoms with E-state index in [-0.39, 0.29) is 17.7 Å². The lowest BCUT2D eigenvalue weighted by Gasteiger charge is -2.30. The van der Waals surface area contributed by atoms with Crippen LogP contribution in [0.1, 0.15) is 37.1 Å². The molecule has 2 saturated heterocycles. The molecule has 2 aliphatic heterocycles. The van der Waals surface area contributed by atoms with Gasteiger partial charge in [-0.15, -0.1) is 0 Å². The van der Waals surface area contributed by atoms with Gasteiger partial charge in [-0.25, -0.2) is 0 Å². The van der Waals surface area contributed by atoms with Crippen molar-refractivity contribution in [1.29, 1.82) is 0 Å². The average molecular weight is 490 g/mol. The van der Waals surface area contributed by atoms with Crippen molar-refractivity contribution < 1.29 is 18.8 Å². The molecule has 0 bridgehead atoms. The van der Waals surface area contributed by atoms with Gasteiger partial charge in [0.25, 0.3) is 0 Å². The molecular weight excluding hydrogens is 458 g/mol. The molecule has 3 aromatic rings. The molecule has 1 N–H and O–H groups in total. The number of methoxy groups -OCH3 is 1. The number of hydrogen-bond donors (Lipinski definition) is 1. The predicted octanol–water partition coefficient (Wildman–Crippen LogP) is 4.03. The van der Waals surface area contributed by atoms with Crippen LogP contribution in [-0.4, -0.2) is 53.6 Å².